The molecular formula is C14H30N4. The summed E-state index contributed by atoms with van der Waals surface area (Å²) < 4.78 is 0. The van der Waals surface area contributed by atoms with Crippen molar-refractivity contribution in [3.8, 4) is 0 Å². The molecule has 2 aliphatic heterocycles. The Labute approximate surface area is 112 Å². The molecule has 0 aromatic rings. The third-order valence-electron chi connectivity index (χ3n) is 4.67. The zero-order chi connectivity index (χ0) is 13.0. The van der Waals surface area contributed by atoms with Crippen LogP contribution in [0.1, 0.15) is 19.8 Å². The normalized spacial score (nSPS) is 32.8. The number of nitrogens with one attached hydrogen (secondary N) is 1. The number of piperidine rings is 1. The highest BCUT2D eigenvalue weighted by molar-refractivity contribution is 4.81. The molecule has 2 aliphatic rings. The van der Waals surface area contributed by atoms with Gasteiger partial charge in [-0.05, 0) is 40.4 Å². The van der Waals surface area contributed by atoms with Crippen LogP contribution >= 0.6 is 0 Å². The number of nitrogens with zero attached hydrogens (tertiary/aromatic N) is 3. The maximum absolute atomic E-state index is 3.75. The lowest BCUT2D eigenvalue weighted by Gasteiger charge is -2.36. The van der Waals surface area contributed by atoms with Gasteiger partial charge in [-0.3, -0.25) is 4.90 Å². The van der Waals surface area contributed by atoms with Gasteiger partial charge in [-0.2, -0.15) is 0 Å². The Morgan fingerprint density at radius 1 is 1.06 bits per heavy atom. The number of rotatable bonds is 4. The Kier molecular flexibility index (Phi) is 5.42. The molecule has 0 bridgehead atoms. The smallest absolute Gasteiger partial charge is 0.0110 e. The molecule has 0 radical (unpaired) electrons. The zero-order valence-corrected chi connectivity index (χ0v) is 12.4. The molecule has 18 heavy (non-hydrogen) atoms. The Morgan fingerprint density at radius 3 is 2.44 bits per heavy atom. The summed E-state index contributed by atoms with van der Waals surface area (Å²) in [6.07, 6.45) is 2.61. The standard InChI is InChI=1S/C14H30N4/c1-13-12-14(4-6-17(13)3)15-5-7-18-10-8-16(2)9-11-18/h13-15H,4-12H2,1-3H3. The molecule has 0 spiro atoms. The molecular weight excluding hydrogens is 224 g/mol. The molecule has 2 unspecified atom stereocenters. The van der Waals surface area contributed by atoms with E-state index in [-0.39, 0.29) is 0 Å². The molecule has 2 atom stereocenters. The molecule has 106 valence electrons. The first-order chi connectivity index (χ1) is 8.65. The lowest BCUT2D eigenvalue weighted by molar-refractivity contribution is 0.143. The van der Waals surface area contributed by atoms with Crippen LogP contribution in [-0.4, -0.2) is 86.7 Å². The van der Waals surface area contributed by atoms with E-state index in [0.29, 0.717) is 0 Å². The number of piperazine rings is 1. The lowest BCUT2D eigenvalue weighted by Crippen LogP contribution is -2.49. The molecule has 4 heteroatoms. The van der Waals surface area contributed by atoms with Crippen molar-refractivity contribution in [2.75, 3.05) is 59.9 Å². The summed E-state index contributed by atoms with van der Waals surface area (Å²) in [5.41, 5.74) is 0. The molecule has 1 N–H and O–H groups in total. The van der Waals surface area contributed by atoms with Crippen LogP contribution in [0.4, 0.5) is 0 Å². The predicted molar refractivity (Wildman–Crippen MR) is 77.1 cm³/mol. The van der Waals surface area contributed by atoms with Crippen molar-refractivity contribution < 1.29 is 0 Å². The minimum absolute atomic E-state index is 0.736. The second kappa shape index (κ2) is 6.85. The second-order valence-corrected chi connectivity index (χ2v) is 6.15. The van der Waals surface area contributed by atoms with Gasteiger partial charge in [-0.25, -0.2) is 0 Å². The lowest BCUT2D eigenvalue weighted by atomic mass is 9.99. The summed E-state index contributed by atoms with van der Waals surface area (Å²) >= 11 is 0. The van der Waals surface area contributed by atoms with Gasteiger partial charge in [-0.1, -0.05) is 0 Å². The molecule has 2 rings (SSSR count). The molecule has 0 aromatic heterocycles. The summed E-state index contributed by atoms with van der Waals surface area (Å²) in [5.74, 6) is 0. The zero-order valence-electron chi connectivity index (χ0n) is 12.4. The fourth-order valence-electron chi connectivity index (χ4n) is 2.97. The van der Waals surface area contributed by atoms with Crippen LogP contribution in [0.5, 0.6) is 0 Å². The van der Waals surface area contributed by atoms with Gasteiger partial charge in [0.05, 0.1) is 0 Å². The van der Waals surface area contributed by atoms with E-state index in [9.17, 15) is 0 Å². The van der Waals surface area contributed by atoms with Crippen LogP contribution in [0.3, 0.4) is 0 Å². The van der Waals surface area contributed by atoms with E-state index < -0.39 is 0 Å². The van der Waals surface area contributed by atoms with E-state index >= 15 is 0 Å². The van der Waals surface area contributed by atoms with Gasteiger partial charge in [0, 0.05) is 51.4 Å². The highest BCUT2D eigenvalue weighted by Gasteiger charge is 2.22. The Balaban J connectivity index is 1.58. The molecule has 4 nitrogen and oxygen atoms in total. The molecule has 2 saturated heterocycles. The van der Waals surface area contributed by atoms with Gasteiger partial charge in [0.25, 0.3) is 0 Å². The molecule has 2 fully saturated rings. The second-order valence-electron chi connectivity index (χ2n) is 6.15. The third-order valence-corrected chi connectivity index (χ3v) is 4.67. The molecule has 0 amide bonds. The Morgan fingerprint density at radius 2 is 1.78 bits per heavy atom. The summed E-state index contributed by atoms with van der Waals surface area (Å²) in [4.78, 5) is 7.48. The van der Waals surface area contributed by atoms with E-state index in [1.54, 1.807) is 0 Å². The molecule has 0 aliphatic carbocycles. The summed E-state index contributed by atoms with van der Waals surface area (Å²) in [7, 11) is 4.46. The fraction of sp³-hybridized carbons (Fsp3) is 1.00. The van der Waals surface area contributed by atoms with E-state index in [2.05, 4.69) is 41.0 Å². The average Bonchev–Trinajstić information content (AvgIpc) is 2.36. The van der Waals surface area contributed by atoms with Crippen LogP contribution in [0.2, 0.25) is 0 Å². The summed E-state index contributed by atoms with van der Waals surface area (Å²) in [5, 5.41) is 3.75. The molecule has 0 aromatic carbocycles. The largest absolute Gasteiger partial charge is 0.313 e. The Bertz CT molecular complexity index is 238. The van der Waals surface area contributed by atoms with E-state index in [1.807, 2.05) is 0 Å². The quantitative estimate of drug-likeness (QED) is 0.779. The van der Waals surface area contributed by atoms with Gasteiger partial charge >= 0.3 is 0 Å². The van der Waals surface area contributed by atoms with Crippen molar-refractivity contribution in [3.05, 3.63) is 0 Å². The number of likely N-dealkylation sites (N-methyl/N-ethyl adjacent to an activating group) is 1. The van der Waals surface area contributed by atoms with Crippen molar-refractivity contribution in [1.29, 1.82) is 0 Å². The van der Waals surface area contributed by atoms with Crippen molar-refractivity contribution >= 4 is 0 Å². The van der Waals surface area contributed by atoms with Gasteiger partial charge in [0.15, 0.2) is 0 Å². The van der Waals surface area contributed by atoms with Crippen molar-refractivity contribution in [1.82, 2.24) is 20.0 Å². The van der Waals surface area contributed by atoms with E-state index in [0.717, 1.165) is 18.6 Å². The van der Waals surface area contributed by atoms with Crippen LogP contribution in [0, 0.1) is 0 Å². The average molecular weight is 254 g/mol. The number of hydrogen-bond donors (Lipinski definition) is 1. The van der Waals surface area contributed by atoms with Gasteiger partial charge in [0.2, 0.25) is 0 Å². The fourth-order valence-corrected chi connectivity index (χ4v) is 2.97. The van der Waals surface area contributed by atoms with Crippen LogP contribution in [0.15, 0.2) is 0 Å². The minimum Gasteiger partial charge on any atom is -0.313 e. The first-order valence-corrected chi connectivity index (χ1v) is 7.49. The number of hydrogen-bond acceptors (Lipinski definition) is 4. The molecule has 2 heterocycles. The Hall–Kier alpha value is -0.160. The highest BCUT2D eigenvalue weighted by atomic mass is 15.2. The van der Waals surface area contributed by atoms with E-state index in [4.69, 9.17) is 0 Å². The van der Waals surface area contributed by atoms with Gasteiger partial charge < -0.3 is 15.1 Å². The van der Waals surface area contributed by atoms with Crippen LogP contribution < -0.4 is 5.32 Å². The van der Waals surface area contributed by atoms with Crippen molar-refractivity contribution in [2.45, 2.75) is 31.8 Å². The summed E-state index contributed by atoms with van der Waals surface area (Å²) in [6, 6.07) is 1.48. The van der Waals surface area contributed by atoms with E-state index in [1.165, 1.54) is 52.1 Å². The third kappa shape index (κ3) is 4.19. The van der Waals surface area contributed by atoms with Gasteiger partial charge in [-0.15, -0.1) is 0 Å². The first-order valence-electron chi connectivity index (χ1n) is 7.49. The maximum Gasteiger partial charge on any atom is 0.0110 e. The monoisotopic (exact) mass is 254 g/mol. The minimum atomic E-state index is 0.736. The number of likely N-dealkylation sites (tertiary alicyclic amines) is 1. The predicted octanol–water partition coefficient (Wildman–Crippen LogP) is 0.306. The maximum atomic E-state index is 3.75. The highest BCUT2D eigenvalue weighted by Crippen LogP contribution is 2.14. The molecule has 0 saturated carbocycles. The summed E-state index contributed by atoms with van der Waals surface area (Å²) in [6.45, 7) is 10.9. The first kappa shape index (κ1) is 14.3. The topological polar surface area (TPSA) is 21.8 Å². The van der Waals surface area contributed by atoms with Crippen LogP contribution in [-0.2, 0) is 0 Å². The van der Waals surface area contributed by atoms with Crippen molar-refractivity contribution in [2.24, 2.45) is 0 Å². The van der Waals surface area contributed by atoms with Crippen molar-refractivity contribution in [3.63, 3.8) is 0 Å². The van der Waals surface area contributed by atoms with Gasteiger partial charge in [0.1, 0.15) is 0 Å². The SMILES string of the molecule is CC1CC(NCCN2CCN(C)CC2)CCN1C. The van der Waals surface area contributed by atoms with Crippen LogP contribution in [0.25, 0.3) is 0 Å².